The highest BCUT2D eigenvalue weighted by molar-refractivity contribution is 5.82. The van der Waals surface area contributed by atoms with Gasteiger partial charge in [-0.3, -0.25) is 0 Å². The molecule has 0 radical (unpaired) electrons. The van der Waals surface area contributed by atoms with Gasteiger partial charge >= 0.3 is 0 Å². The molecule has 2 bridgehead atoms. The Labute approximate surface area is 144 Å². The van der Waals surface area contributed by atoms with Crippen LogP contribution in [0.3, 0.4) is 0 Å². The van der Waals surface area contributed by atoms with Crippen LogP contribution in [-0.2, 0) is 13.5 Å². The summed E-state index contributed by atoms with van der Waals surface area (Å²) in [4.78, 5) is 0. The second-order valence-electron chi connectivity index (χ2n) is 7.85. The van der Waals surface area contributed by atoms with Gasteiger partial charge in [0, 0.05) is 17.5 Å². The monoisotopic (exact) mass is 314 g/mol. The van der Waals surface area contributed by atoms with Gasteiger partial charge in [-0.05, 0) is 73.3 Å². The van der Waals surface area contributed by atoms with E-state index in [0.717, 1.165) is 11.8 Å². The first-order chi connectivity index (χ1) is 11.6. The van der Waals surface area contributed by atoms with Gasteiger partial charge in [-0.2, -0.15) is 4.57 Å². The molecule has 3 aliphatic rings. The second kappa shape index (κ2) is 4.92. The van der Waals surface area contributed by atoms with E-state index in [1.807, 2.05) is 0 Å². The largest absolute Gasteiger partial charge is 0.213 e. The maximum atomic E-state index is 2.40. The van der Waals surface area contributed by atoms with Crippen molar-refractivity contribution in [3.05, 3.63) is 64.7 Å². The summed E-state index contributed by atoms with van der Waals surface area (Å²) in [5.74, 6) is 1.75. The maximum Gasteiger partial charge on any atom is 0.213 e. The van der Waals surface area contributed by atoms with Crippen molar-refractivity contribution < 1.29 is 4.57 Å². The molecule has 1 fully saturated rings. The van der Waals surface area contributed by atoms with Crippen molar-refractivity contribution in [2.45, 2.75) is 39.0 Å². The third-order valence-corrected chi connectivity index (χ3v) is 6.41. The Morgan fingerprint density at radius 3 is 2.58 bits per heavy atom. The molecule has 2 aromatic carbocycles. The molecule has 0 amide bonds. The van der Waals surface area contributed by atoms with E-state index in [2.05, 4.69) is 67.9 Å². The molecule has 120 valence electrons. The third kappa shape index (κ3) is 1.84. The first-order valence-electron chi connectivity index (χ1n) is 9.14. The molecule has 0 saturated heterocycles. The van der Waals surface area contributed by atoms with Crippen LogP contribution in [0.4, 0.5) is 0 Å². The molecule has 1 saturated carbocycles. The molecule has 24 heavy (non-hydrogen) atoms. The molecule has 1 heteroatoms. The fourth-order valence-corrected chi connectivity index (χ4v) is 5.01. The summed E-state index contributed by atoms with van der Waals surface area (Å²) in [6.07, 6.45) is 4.10. The van der Waals surface area contributed by atoms with Crippen molar-refractivity contribution in [1.29, 1.82) is 0 Å². The summed E-state index contributed by atoms with van der Waals surface area (Å²) < 4.78 is 2.39. The van der Waals surface area contributed by atoms with Crippen LogP contribution in [0.2, 0.25) is 0 Å². The van der Waals surface area contributed by atoms with Gasteiger partial charge in [0.1, 0.15) is 7.05 Å². The summed E-state index contributed by atoms with van der Waals surface area (Å²) >= 11 is 0. The summed E-state index contributed by atoms with van der Waals surface area (Å²) in [6, 6.07) is 16.0. The lowest BCUT2D eigenvalue weighted by atomic mass is 9.61. The van der Waals surface area contributed by atoms with Crippen molar-refractivity contribution in [1.82, 2.24) is 0 Å². The van der Waals surface area contributed by atoms with Crippen molar-refractivity contribution in [3.8, 4) is 11.3 Å². The van der Waals surface area contributed by atoms with Gasteiger partial charge < -0.3 is 0 Å². The van der Waals surface area contributed by atoms with Gasteiger partial charge in [0.2, 0.25) is 11.2 Å². The van der Waals surface area contributed by atoms with E-state index < -0.39 is 0 Å². The normalized spacial score (nSPS) is 21.5. The number of benzene rings is 2. The number of rotatable bonds is 1. The average molecular weight is 314 g/mol. The Bertz CT molecular complexity index is 977. The van der Waals surface area contributed by atoms with Gasteiger partial charge in [0.05, 0.1) is 5.56 Å². The smallest absolute Gasteiger partial charge is 0.194 e. The first kappa shape index (κ1) is 14.2. The standard InChI is InChI=1S/C23H24N/c1-14-5-4-6-21-18(14)9-10-22(24(21)3)23-15(2)7-8-19-17-11-16(12-17)13-20(19)23/h4-10,16-17H,11-13H2,1-3H3/q+1. The van der Waals surface area contributed by atoms with Crippen molar-refractivity contribution in [2.24, 2.45) is 13.0 Å². The number of pyridine rings is 1. The maximum absolute atomic E-state index is 2.40. The van der Waals surface area contributed by atoms with Crippen LogP contribution in [0.5, 0.6) is 0 Å². The predicted molar refractivity (Wildman–Crippen MR) is 99.2 cm³/mol. The molecule has 0 aliphatic heterocycles. The Morgan fingerprint density at radius 1 is 0.917 bits per heavy atom. The lowest BCUT2D eigenvalue weighted by Crippen LogP contribution is -2.35. The molecule has 0 unspecified atom stereocenters. The molecular weight excluding hydrogens is 290 g/mol. The molecule has 1 nitrogen and oxygen atoms in total. The van der Waals surface area contributed by atoms with E-state index in [0.29, 0.717) is 0 Å². The van der Waals surface area contributed by atoms with E-state index in [4.69, 9.17) is 0 Å². The first-order valence-corrected chi connectivity index (χ1v) is 9.14. The minimum atomic E-state index is 0.825. The summed E-state index contributed by atoms with van der Waals surface area (Å²) in [6.45, 7) is 4.47. The molecule has 1 aromatic heterocycles. The summed E-state index contributed by atoms with van der Waals surface area (Å²) in [5, 5.41) is 1.36. The summed E-state index contributed by atoms with van der Waals surface area (Å²) in [7, 11) is 2.22. The van der Waals surface area contributed by atoms with E-state index in [9.17, 15) is 0 Å². The zero-order chi connectivity index (χ0) is 16.4. The number of aryl methyl sites for hydroxylation is 3. The number of hydrogen-bond donors (Lipinski definition) is 0. The fourth-order valence-electron chi connectivity index (χ4n) is 5.01. The quantitative estimate of drug-likeness (QED) is 0.557. The van der Waals surface area contributed by atoms with E-state index in [-0.39, 0.29) is 0 Å². The number of aromatic nitrogens is 1. The third-order valence-electron chi connectivity index (χ3n) is 6.41. The van der Waals surface area contributed by atoms with Gasteiger partial charge in [-0.15, -0.1) is 0 Å². The lowest BCUT2D eigenvalue weighted by Gasteiger charge is -2.43. The van der Waals surface area contributed by atoms with Crippen LogP contribution in [0.1, 0.15) is 41.0 Å². The zero-order valence-corrected chi connectivity index (χ0v) is 14.8. The molecule has 6 rings (SSSR count). The molecule has 0 spiro atoms. The zero-order valence-electron chi connectivity index (χ0n) is 14.8. The predicted octanol–water partition coefficient (Wildman–Crippen LogP) is 5.00. The Hall–Kier alpha value is -2.15. The van der Waals surface area contributed by atoms with Gasteiger partial charge in [-0.1, -0.05) is 24.3 Å². The Morgan fingerprint density at radius 2 is 1.75 bits per heavy atom. The second-order valence-corrected chi connectivity index (χ2v) is 7.85. The Kier molecular flexibility index (Phi) is 2.92. The molecule has 3 aromatic rings. The molecule has 1 heterocycles. The minimum Gasteiger partial charge on any atom is -0.194 e. The van der Waals surface area contributed by atoms with Gasteiger partial charge in [0.15, 0.2) is 0 Å². The van der Waals surface area contributed by atoms with Crippen LogP contribution >= 0.6 is 0 Å². The van der Waals surface area contributed by atoms with Gasteiger partial charge in [-0.25, -0.2) is 0 Å². The van der Waals surface area contributed by atoms with Crippen molar-refractivity contribution >= 4 is 10.9 Å². The Balaban J connectivity index is 1.80. The van der Waals surface area contributed by atoms with Crippen LogP contribution in [0.25, 0.3) is 22.2 Å². The SMILES string of the molecule is Cc1ccc2c(c1-c1ccc3c(C)cccc3[n+]1C)CC1CC2C1. The number of fused-ring (bicyclic) bond motifs is 1. The number of hydrogen-bond acceptors (Lipinski definition) is 0. The molecule has 0 N–H and O–H groups in total. The summed E-state index contributed by atoms with van der Waals surface area (Å²) in [5.41, 5.74) is 10.2. The highest BCUT2D eigenvalue weighted by Crippen LogP contribution is 2.52. The molecular formula is C23H24N+. The molecule has 0 atom stereocenters. The van der Waals surface area contributed by atoms with Crippen molar-refractivity contribution in [2.75, 3.05) is 0 Å². The van der Waals surface area contributed by atoms with Crippen LogP contribution in [0, 0.1) is 19.8 Å². The average Bonchev–Trinajstić information content (AvgIpc) is 2.55. The highest BCUT2D eigenvalue weighted by atomic mass is 14.9. The minimum absolute atomic E-state index is 0.825. The van der Waals surface area contributed by atoms with Crippen LogP contribution < -0.4 is 4.57 Å². The highest BCUT2D eigenvalue weighted by Gasteiger charge is 2.39. The van der Waals surface area contributed by atoms with E-state index >= 15 is 0 Å². The van der Waals surface area contributed by atoms with Crippen molar-refractivity contribution in [3.63, 3.8) is 0 Å². The number of nitrogens with zero attached hydrogens (tertiary/aromatic N) is 1. The van der Waals surface area contributed by atoms with Crippen LogP contribution in [0.15, 0.2) is 42.5 Å². The van der Waals surface area contributed by atoms with Crippen LogP contribution in [-0.4, -0.2) is 0 Å². The van der Waals surface area contributed by atoms with Gasteiger partial charge in [0.25, 0.3) is 0 Å². The topological polar surface area (TPSA) is 3.88 Å². The fraction of sp³-hybridized carbons (Fsp3) is 0.348. The lowest BCUT2D eigenvalue weighted by molar-refractivity contribution is -0.633. The molecule has 3 aliphatic carbocycles. The van der Waals surface area contributed by atoms with E-state index in [1.165, 1.54) is 52.5 Å². The van der Waals surface area contributed by atoms with E-state index in [1.54, 1.807) is 11.1 Å².